The number of carbonyl (C=O) groups is 2. The summed E-state index contributed by atoms with van der Waals surface area (Å²) < 4.78 is 10.5. The van der Waals surface area contributed by atoms with Crippen molar-refractivity contribution in [3.63, 3.8) is 0 Å². The Kier molecular flexibility index (Phi) is 6.66. The van der Waals surface area contributed by atoms with E-state index in [1.54, 1.807) is 39.2 Å². The zero-order valence-electron chi connectivity index (χ0n) is 15.1. The van der Waals surface area contributed by atoms with Crippen LogP contribution in [-0.4, -0.2) is 33.7 Å². The molecule has 0 saturated heterocycles. The molecule has 1 heterocycles. The Bertz CT molecular complexity index is 715. The van der Waals surface area contributed by atoms with Gasteiger partial charge >= 0.3 is 12.1 Å². The number of benzene rings is 1. The number of rotatable bonds is 6. The van der Waals surface area contributed by atoms with Crippen molar-refractivity contribution in [1.82, 2.24) is 15.3 Å². The van der Waals surface area contributed by atoms with Crippen LogP contribution in [0.1, 0.15) is 32.2 Å². The lowest BCUT2D eigenvalue weighted by Gasteiger charge is -2.22. The van der Waals surface area contributed by atoms with E-state index in [0.29, 0.717) is 5.82 Å². The predicted molar refractivity (Wildman–Crippen MR) is 95.1 cm³/mol. The highest BCUT2D eigenvalue weighted by atomic mass is 16.6. The van der Waals surface area contributed by atoms with Crippen LogP contribution < -0.4 is 5.32 Å². The van der Waals surface area contributed by atoms with Crippen LogP contribution >= 0.6 is 0 Å². The Labute approximate surface area is 152 Å². The molecule has 0 aliphatic heterocycles. The van der Waals surface area contributed by atoms with Crippen molar-refractivity contribution in [2.75, 3.05) is 0 Å². The molecule has 7 heteroatoms. The van der Waals surface area contributed by atoms with Gasteiger partial charge in [-0.05, 0) is 32.4 Å². The molecule has 0 radical (unpaired) electrons. The third-order valence-corrected chi connectivity index (χ3v) is 3.21. The lowest BCUT2D eigenvalue weighted by molar-refractivity contribution is -0.147. The van der Waals surface area contributed by atoms with E-state index in [2.05, 4.69) is 15.3 Å². The average molecular weight is 357 g/mol. The molecule has 0 unspecified atom stereocenters. The molecule has 0 saturated carbocycles. The van der Waals surface area contributed by atoms with E-state index in [9.17, 15) is 9.59 Å². The minimum absolute atomic E-state index is 0.105. The minimum Gasteiger partial charge on any atom is -0.459 e. The molecule has 1 aromatic carbocycles. The first kappa shape index (κ1) is 19.4. The molecule has 2 rings (SSSR count). The largest absolute Gasteiger partial charge is 0.459 e. The Balaban J connectivity index is 2.03. The number of amides is 1. The van der Waals surface area contributed by atoms with Crippen molar-refractivity contribution in [3.8, 4) is 0 Å². The van der Waals surface area contributed by atoms with Gasteiger partial charge in [0.25, 0.3) is 0 Å². The molecule has 1 atom stereocenters. The fourth-order valence-corrected chi connectivity index (χ4v) is 2.09. The van der Waals surface area contributed by atoms with Gasteiger partial charge in [0.15, 0.2) is 0 Å². The standard InChI is InChI=1S/C19H23N3O4/c1-19(2,3)26-18(24)22-15(12-16-20-10-7-11-21-16)17(23)25-13-14-8-5-4-6-9-14/h4-11,15H,12-13H2,1-3H3,(H,22,24)/t15-/m1/s1. The summed E-state index contributed by atoms with van der Waals surface area (Å²) in [4.78, 5) is 32.7. The van der Waals surface area contributed by atoms with E-state index in [1.165, 1.54) is 0 Å². The van der Waals surface area contributed by atoms with E-state index < -0.39 is 23.7 Å². The average Bonchev–Trinajstić information content (AvgIpc) is 2.59. The normalized spacial score (nSPS) is 12.1. The van der Waals surface area contributed by atoms with Crippen LogP contribution in [0.3, 0.4) is 0 Å². The van der Waals surface area contributed by atoms with Gasteiger partial charge in [-0.25, -0.2) is 19.6 Å². The molecular formula is C19H23N3O4. The van der Waals surface area contributed by atoms with E-state index >= 15 is 0 Å². The number of nitrogens with one attached hydrogen (secondary N) is 1. The van der Waals surface area contributed by atoms with Crippen LogP contribution in [0.4, 0.5) is 4.79 Å². The summed E-state index contributed by atoms with van der Waals surface area (Å²) in [5, 5.41) is 2.54. The highest BCUT2D eigenvalue weighted by molar-refractivity contribution is 5.81. The van der Waals surface area contributed by atoms with E-state index in [0.717, 1.165) is 5.56 Å². The van der Waals surface area contributed by atoms with Crippen molar-refractivity contribution in [2.24, 2.45) is 0 Å². The minimum atomic E-state index is -0.948. The molecule has 1 aromatic heterocycles. The fourth-order valence-electron chi connectivity index (χ4n) is 2.09. The molecule has 7 nitrogen and oxygen atoms in total. The second kappa shape index (κ2) is 8.94. The van der Waals surface area contributed by atoms with E-state index in [-0.39, 0.29) is 13.0 Å². The summed E-state index contributed by atoms with van der Waals surface area (Å²) in [5.74, 6) is -0.155. The molecule has 0 spiro atoms. The van der Waals surface area contributed by atoms with Gasteiger partial charge in [-0.3, -0.25) is 0 Å². The van der Waals surface area contributed by atoms with Gasteiger partial charge in [0.2, 0.25) is 0 Å². The smallest absolute Gasteiger partial charge is 0.408 e. The molecule has 2 aromatic rings. The maximum absolute atomic E-state index is 12.5. The predicted octanol–water partition coefficient (Wildman–Crippen LogP) is 2.66. The highest BCUT2D eigenvalue weighted by Gasteiger charge is 2.26. The van der Waals surface area contributed by atoms with Crippen LogP contribution in [0.5, 0.6) is 0 Å². The lowest BCUT2D eigenvalue weighted by Crippen LogP contribution is -2.45. The van der Waals surface area contributed by atoms with Gasteiger partial charge in [0.1, 0.15) is 24.1 Å². The lowest BCUT2D eigenvalue weighted by atomic mass is 10.2. The molecular weight excluding hydrogens is 334 g/mol. The first-order chi connectivity index (χ1) is 12.3. The van der Waals surface area contributed by atoms with Crippen molar-refractivity contribution in [2.45, 2.75) is 45.4 Å². The van der Waals surface area contributed by atoms with Gasteiger partial charge in [0, 0.05) is 18.8 Å². The monoisotopic (exact) mass is 357 g/mol. The first-order valence-corrected chi connectivity index (χ1v) is 8.29. The summed E-state index contributed by atoms with van der Waals surface area (Å²) in [7, 11) is 0. The van der Waals surface area contributed by atoms with Gasteiger partial charge in [-0.15, -0.1) is 0 Å². The Morgan fingerprint density at radius 1 is 1.08 bits per heavy atom. The maximum atomic E-state index is 12.5. The number of alkyl carbamates (subject to hydrolysis) is 1. The number of nitrogens with zero attached hydrogens (tertiary/aromatic N) is 2. The molecule has 26 heavy (non-hydrogen) atoms. The summed E-state index contributed by atoms with van der Waals surface area (Å²) >= 11 is 0. The zero-order chi connectivity index (χ0) is 19.0. The first-order valence-electron chi connectivity index (χ1n) is 8.29. The summed E-state index contributed by atoms with van der Waals surface area (Å²) in [6, 6.07) is 10.0. The number of aromatic nitrogens is 2. The van der Waals surface area contributed by atoms with Crippen LogP contribution in [0.2, 0.25) is 0 Å². The van der Waals surface area contributed by atoms with Crippen molar-refractivity contribution < 1.29 is 19.1 Å². The topological polar surface area (TPSA) is 90.4 Å². The summed E-state index contributed by atoms with van der Waals surface area (Å²) in [5.41, 5.74) is 0.180. The SMILES string of the molecule is CC(C)(C)OC(=O)N[C@H](Cc1ncccn1)C(=O)OCc1ccccc1. The number of esters is 1. The second-order valence-corrected chi connectivity index (χ2v) is 6.66. The number of hydrogen-bond acceptors (Lipinski definition) is 6. The van der Waals surface area contributed by atoms with Crippen molar-refractivity contribution >= 4 is 12.1 Å². The van der Waals surface area contributed by atoms with Crippen molar-refractivity contribution in [1.29, 1.82) is 0 Å². The summed E-state index contributed by atoms with van der Waals surface area (Å²) in [6.07, 6.45) is 2.55. The van der Waals surface area contributed by atoms with Crippen LogP contribution in [0.15, 0.2) is 48.8 Å². The third kappa shape index (κ3) is 6.88. The summed E-state index contributed by atoms with van der Waals surface area (Å²) in [6.45, 7) is 5.35. The zero-order valence-corrected chi connectivity index (χ0v) is 15.1. The van der Waals surface area contributed by atoms with E-state index in [4.69, 9.17) is 9.47 Å². The number of ether oxygens (including phenoxy) is 2. The highest BCUT2D eigenvalue weighted by Crippen LogP contribution is 2.09. The van der Waals surface area contributed by atoms with Crippen LogP contribution in [0.25, 0.3) is 0 Å². The third-order valence-electron chi connectivity index (χ3n) is 3.21. The molecule has 0 bridgehead atoms. The Morgan fingerprint density at radius 2 is 1.73 bits per heavy atom. The Hall–Kier alpha value is -2.96. The number of carbonyl (C=O) groups excluding carboxylic acids is 2. The maximum Gasteiger partial charge on any atom is 0.408 e. The van der Waals surface area contributed by atoms with Crippen molar-refractivity contribution in [3.05, 3.63) is 60.2 Å². The molecule has 138 valence electrons. The molecule has 0 aliphatic carbocycles. The molecule has 1 N–H and O–H groups in total. The quantitative estimate of drug-likeness (QED) is 0.799. The van der Waals surface area contributed by atoms with Crippen LogP contribution in [-0.2, 0) is 27.3 Å². The van der Waals surface area contributed by atoms with Gasteiger partial charge in [0.05, 0.1) is 0 Å². The van der Waals surface area contributed by atoms with Gasteiger partial charge in [-0.2, -0.15) is 0 Å². The van der Waals surface area contributed by atoms with Crippen LogP contribution in [0, 0.1) is 0 Å². The molecule has 1 amide bonds. The van der Waals surface area contributed by atoms with Gasteiger partial charge in [-0.1, -0.05) is 30.3 Å². The Morgan fingerprint density at radius 3 is 2.35 bits per heavy atom. The number of hydrogen-bond donors (Lipinski definition) is 1. The fraction of sp³-hybridized carbons (Fsp3) is 0.368. The molecule has 0 fully saturated rings. The van der Waals surface area contributed by atoms with E-state index in [1.807, 2.05) is 30.3 Å². The molecule has 0 aliphatic rings. The second-order valence-electron chi connectivity index (χ2n) is 6.66. The van der Waals surface area contributed by atoms with Gasteiger partial charge < -0.3 is 14.8 Å².